The minimum absolute atomic E-state index is 0.147. The summed E-state index contributed by atoms with van der Waals surface area (Å²) >= 11 is 6.08. The van der Waals surface area contributed by atoms with Crippen molar-refractivity contribution in [2.24, 2.45) is 13.0 Å². The van der Waals surface area contributed by atoms with Crippen LogP contribution in [0.1, 0.15) is 28.9 Å². The van der Waals surface area contributed by atoms with Gasteiger partial charge in [-0.05, 0) is 37.5 Å². The molecule has 10 nitrogen and oxygen atoms in total. The third-order valence-corrected chi connectivity index (χ3v) is 5.62. The number of aliphatic hydroxyl groups is 1. The van der Waals surface area contributed by atoms with Gasteiger partial charge in [0, 0.05) is 37.0 Å². The molecule has 0 spiro atoms. The van der Waals surface area contributed by atoms with Gasteiger partial charge in [0.2, 0.25) is 5.88 Å². The van der Waals surface area contributed by atoms with Crippen LogP contribution in [0.4, 0.5) is 11.5 Å². The second-order valence-electron chi connectivity index (χ2n) is 8.06. The molecule has 33 heavy (non-hydrogen) atoms. The van der Waals surface area contributed by atoms with E-state index in [1.54, 1.807) is 48.2 Å². The lowest BCUT2D eigenvalue weighted by Gasteiger charge is -2.11. The average molecular weight is 468 g/mol. The van der Waals surface area contributed by atoms with E-state index < -0.39 is 12.1 Å². The molecule has 1 fully saturated rings. The van der Waals surface area contributed by atoms with Gasteiger partial charge in [0.05, 0.1) is 11.2 Å². The summed E-state index contributed by atoms with van der Waals surface area (Å²) in [7, 11) is 1.70. The molecule has 11 heteroatoms. The van der Waals surface area contributed by atoms with E-state index in [0.29, 0.717) is 28.8 Å². The molecular weight excluding hydrogens is 446 g/mol. The first-order chi connectivity index (χ1) is 15.9. The molecule has 0 radical (unpaired) electrons. The van der Waals surface area contributed by atoms with E-state index in [1.165, 1.54) is 4.68 Å². The SMILES string of the molecule is Cc1ccc(Oc2ccc3nc(NC(O)C4CC4)cn3n2)cc1NC(=O)c1nn(C)cc1Cl. The molecule has 3 heterocycles. The van der Waals surface area contributed by atoms with Gasteiger partial charge in [0.15, 0.2) is 11.3 Å². The molecule has 1 saturated carbocycles. The highest BCUT2D eigenvalue weighted by molar-refractivity contribution is 6.34. The maximum Gasteiger partial charge on any atom is 0.277 e. The van der Waals surface area contributed by atoms with E-state index in [4.69, 9.17) is 16.3 Å². The molecule has 5 rings (SSSR count). The first-order valence-electron chi connectivity index (χ1n) is 10.5. The molecule has 0 aliphatic heterocycles. The Labute approximate surface area is 194 Å². The van der Waals surface area contributed by atoms with E-state index in [-0.39, 0.29) is 16.6 Å². The van der Waals surface area contributed by atoms with Crippen LogP contribution in [-0.2, 0) is 7.05 Å². The Hall–Kier alpha value is -3.63. The fraction of sp³-hybridized carbons (Fsp3) is 0.273. The highest BCUT2D eigenvalue weighted by Gasteiger charge is 2.30. The summed E-state index contributed by atoms with van der Waals surface area (Å²) < 4.78 is 8.97. The minimum atomic E-state index is -0.604. The number of benzene rings is 1. The molecule has 1 amide bonds. The lowest BCUT2D eigenvalue weighted by atomic mass is 10.2. The first kappa shape index (κ1) is 21.2. The van der Waals surface area contributed by atoms with Crippen LogP contribution in [-0.4, -0.2) is 41.6 Å². The fourth-order valence-electron chi connectivity index (χ4n) is 3.38. The maximum atomic E-state index is 12.6. The zero-order valence-electron chi connectivity index (χ0n) is 18.0. The quantitative estimate of drug-likeness (QED) is 0.355. The van der Waals surface area contributed by atoms with Crippen molar-refractivity contribution < 1.29 is 14.6 Å². The van der Waals surface area contributed by atoms with Crippen LogP contribution in [0.2, 0.25) is 5.02 Å². The van der Waals surface area contributed by atoms with Crippen molar-refractivity contribution in [1.82, 2.24) is 24.4 Å². The summed E-state index contributed by atoms with van der Waals surface area (Å²) in [6, 6.07) is 8.81. The van der Waals surface area contributed by atoms with Crippen molar-refractivity contribution >= 4 is 34.7 Å². The third-order valence-electron chi connectivity index (χ3n) is 5.34. The lowest BCUT2D eigenvalue weighted by molar-refractivity contribution is 0.102. The van der Waals surface area contributed by atoms with Crippen LogP contribution in [0, 0.1) is 12.8 Å². The maximum absolute atomic E-state index is 12.6. The number of aliphatic hydroxyl groups excluding tert-OH is 1. The summed E-state index contributed by atoms with van der Waals surface area (Å²) in [5.74, 6) is 1.27. The number of fused-ring (bicyclic) bond motifs is 1. The molecular formula is C22H22ClN7O3. The Bertz CT molecular complexity index is 1350. The number of aromatic nitrogens is 5. The fourth-order valence-corrected chi connectivity index (χ4v) is 3.65. The Morgan fingerprint density at radius 1 is 1.24 bits per heavy atom. The van der Waals surface area contributed by atoms with Gasteiger partial charge in [-0.2, -0.15) is 5.10 Å². The van der Waals surface area contributed by atoms with E-state index in [1.807, 2.05) is 13.0 Å². The summed E-state index contributed by atoms with van der Waals surface area (Å²) in [6.07, 6.45) is 4.70. The number of hydrogen-bond acceptors (Lipinski definition) is 7. The van der Waals surface area contributed by atoms with E-state index in [2.05, 4.69) is 25.8 Å². The number of amides is 1. The van der Waals surface area contributed by atoms with Crippen LogP contribution < -0.4 is 15.4 Å². The van der Waals surface area contributed by atoms with Crippen LogP contribution in [0.15, 0.2) is 42.7 Å². The first-order valence-corrected chi connectivity index (χ1v) is 10.8. The Kier molecular flexibility index (Phi) is 5.39. The molecule has 0 saturated heterocycles. The number of rotatable bonds is 7. The van der Waals surface area contributed by atoms with Crippen molar-refractivity contribution in [2.45, 2.75) is 26.0 Å². The Morgan fingerprint density at radius 2 is 2.06 bits per heavy atom. The molecule has 3 N–H and O–H groups in total. The second kappa shape index (κ2) is 8.38. The molecule has 0 bridgehead atoms. The van der Waals surface area contributed by atoms with E-state index >= 15 is 0 Å². The highest BCUT2D eigenvalue weighted by Crippen LogP contribution is 2.33. The van der Waals surface area contributed by atoms with E-state index in [0.717, 1.165) is 18.4 Å². The third kappa shape index (κ3) is 4.62. The van der Waals surface area contributed by atoms with Crippen molar-refractivity contribution in [1.29, 1.82) is 0 Å². The Balaban J connectivity index is 1.32. The summed E-state index contributed by atoms with van der Waals surface area (Å²) in [6.45, 7) is 1.87. The number of nitrogens with one attached hydrogen (secondary N) is 2. The summed E-state index contributed by atoms with van der Waals surface area (Å²) in [5, 5.41) is 24.7. The van der Waals surface area contributed by atoms with Gasteiger partial charge >= 0.3 is 0 Å². The summed E-state index contributed by atoms with van der Waals surface area (Å²) in [4.78, 5) is 17.0. The van der Waals surface area contributed by atoms with Gasteiger partial charge in [-0.1, -0.05) is 17.7 Å². The highest BCUT2D eigenvalue weighted by atomic mass is 35.5. The number of anilines is 2. The molecule has 1 aliphatic carbocycles. The Morgan fingerprint density at radius 3 is 2.79 bits per heavy atom. The molecule has 1 aromatic carbocycles. The van der Waals surface area contributed by atoms with Crippen molar-refractivity contribution in [3.8, 4) is 11.6 Å². The second-order valence-corrected chi connectivity index (χ2v) is 8.47. The number of imidazole rings is 1. The normalized spacial score (nSPS) is 14.3. The van der Waals surface area contributed by atoms with Crippen molar-refractivity contribution in [2.75, 3.05) is 10.6 Å². The number of halogens is 1. The number of aryl methyl sites for hydroxylation is 2. The standard InChI is InChI=1S/C22H22ClN7O3/c1-12-3-6-14(9-16(12)24-22(32)20-15(23)10-29(2)28-20)33-19-8-7-18-25-17(11-30(18)27-19)26-21(31)13-4-5-13/h3,6-11,13,21,26,31H,4-5H2,1-2H3,(H,24,32). The van der Waals surface area contributed by atoms with Crippen LogP contribution in [0.3, 0.4) is 0 Å². The topological polar surface area (TPSA) is 119 Å². The number of ether oxygens (including phenoxy) is 1. The monoisotopic (exact) mass is 467 g/mol. The number of hydrogen-bond donors (Lipinski definition) is 3. The number of carbonyl (C=O) groups excluding carboxylic acids is 1. The largest absolute Gasteiger partial charge is 0.438 e. The van der Waals surface area contributed by atoms with Gasteiger partial charge < -0.3 is 20.5 Å². The van der Waals surface area contributed by atoms with Gasteiger partial charge in [0.25, 0.3) is 5.91 Å². The number of nitrogens with zero attached hydrogens (tertiary/aromatic N) is 5. The smallest absolute Gasteiger partial charge is 0.277 e. The predicted molar refractivity (Wildman–Crippen MR) is 123 cm³/mol. The zero-order valence-corrected chi connectivity index (χ0v) is 18.7. The van der Waals surface area contributed by atoms with Gasteiger partial charge in [-0.25, -0.2) is 9.50 Å². The molecule has 170 valence electrons. The van der Waals surface area contributed by atoms with Gasteiger partial charge in [0.1, 0.15) is 17.8 Å². The minimum Gasteiger partial charge on any atom is -0.438 e. The molecule has 1 unspecified atom stereocenters. The molecule has 4 aromatic rings. The molecule has 1 atom stereocenters. The molecule has 1 aliphatic rings. The van der Waals surface area contributed by atoms with Gasteiger partial charge in [-0.3, -0.25) is 9.48 Å². The predicted octanol–water partition coefficient (Wildman–Crippen LogP) is 3.61. The number of carbonyl (C=O) groups is 1. The van der Waals surface area contributed by atoms with Crippen LogP contribution >= 0.6 is 11.6 Å². The average Bonchev–Trinajstić information content (AvgIpc) is 3.46. The van der Waals surface area contributed by atoms with Crippen molar-refractivity contribution in [3.63, 3.8) is 0 Å². The van der Waals surface area contributed by atoms with Crippen LogP contribution in [0.25, 0.3) is 5.65 Å². The summed E-state index contributed by atoms with van der Waals surface area (Å²) in [5.41, 5.74) is 2.19. The lowest BCUT2D eigenvalue weighted by Crippen LogP contribution is -2.20. The van der Waals surface area contributed by atoms with Gasteiger partial charge in [-0.15, -0.1) is 5.10 Å². The van der Waals surface area contributed by atoms with E-state index in [9.17, 15) is 9.90 Å². The van der Waals surface area contributed by atoms with Crippen LogP contribution in [0.5, 0.6) is 11.6 Å². The zero-order chi connectivity index (χ0) is 23.1. The van der Waals surface area contributed by atoms with Crippen molar-refractivity contribution in [3.05, 3.63) is 59.0 Å². The molecule has 3 aromatic heterocycles.